The summed E-state index contributed by atoms with van der Waals surface area (Å²) in [5, 5.41) is 0. The van der Waals surface area contributed by atoms with Crippen LogP contribution in [-0.2, 0) is 20.9 Å². The van der Waals surface area contributed by atoms with Crippen LogP contribution < -0.4 is 0 Å². The number of carbonyl (C=O) groups excluding carboxylic acids is 2. The second-order valence-electron chi connectivity index (χ2n) is 5.73. The fourth-order valence-electron chi connectivity index (χ4n) is 3.26. The zero-order valence-electron chi connectivity index (χ0n) is 11.5. The van der Waals surface area contributed by atoms with E-state index >= 15 is 0 Å². The smallest absolute Gasteiger partial charge is 0.317 e. The van der Waals surface area contributed by atoms with Gasteiger partial charge < -0.3 is 4.74 Å². The van der Waals surface area contributed by atoms with Crippen molar-refractivity contribution in [1.82, 2.24) is 4.90 Å². The van der Waals surface area contributed by atoms with Gasteiger partial charge in [0.25, 0.3) is 0 Å². The molecular formula is C16H19NO3. The van der Waals surface area contributed by atoms with Gasteiger partial charge in [0.15, 0.2) is 0 Å². The molecule has 0 amide bonds. The van der Waals surface area contributed by atoms with Crippen molar-refractivity contribution < 1.29 is 14.3 Å². The lowest BCUT2D eigenvalue weighted by Crippen LogP contribution is -2.39. The van der Waals surface area contributed by atoms with E-state index < -0.39 is 0 Å². The molecular weight excluding hydrogens is 254 g/mol. The number of likely N-dealkylation sites (tertiary alicyclic amines) is 1. The summed E-state index contributed by atoms with van der Waals surface area (Å²) in [6, 6.07) is 10.4. The van der Waals surface area contributed by atoms with Crippen LogP contribution in [0.4, 0.5) is 0 Å². The number of hydrogen-bond donors (Lipinski definition) is 0. The minimum absolute atomic E-state index is 0.221. The number of esters is 2. The maximum absolute atomic E-state index is 11.7. The van der Waals surface area contributed by atoms with Crippen molar-refractivity contribution in [3.05, 3.63) is 35.9 Å². The van der Waals surface area contributed by atoms with Crippen molar-refractivity contribution in [3.8, 4) is 0 Å². The van der Waals surface area contributed by atoms with Gasteiger partial charge in [0.1, 0.15) is 0 Å². The highest BCUT2D eigenvalue weighted by molar-refractivity contribution is 5.94. The summed E-state index contributed by atoms with van der Waals surface area (Å²) in [6.45, 7) is 2.84. The van der Waals surface area contributed by atoms with Gasteiger partial charge in [-0.1, -0.05) is 30.3 Å². The lowest BCUT2D eigenvalue weighted by Gasteiger charge is -2.34. The first-order valence-electron chi connectivity index (χ1n) is 7.23. The molecule has 2 aliphatic heterocycles. The third kappa shape index (κ3) is 2.90. The van der Waals surface area contributed by atoms with Crippen LogP contribution in [0.25, 0.3) is 0 Å². The number of cyclic esters (lactones) is 2. The van der Waals surface area contributed by atoms with Crippen molar-refractivity contribution in [3.63, 3.8) is 0 Å². The second kappa shape index (κ2) is 5.75. The van der Waals surface area contributed by atoms with Gasteiger partial charge in [0, 0.05) is 13.1 Å². The molecule has 2 fully saturated rings. The molecule has 2 atom stereocenters. The Morgan fingerprint density at radius 2 is 2.00 bits per heavy atom. The minimum atomic E-state index is -0.361. The first-order valence-corrected chi connectivity index (χ1v) is 7.23. The molecule has 1 aromatic rings. The van der Waals surface area contributed by atoms with Crippen molar-refractivity contribution >= 4 is 11.9 Å². The third-order valence-corrected chi connectivity index (χ3v) is 4.26. The molecule has 2 aliphatic rings. The molecule has 106 valence electrons. The number of rotatable bonds is 3. The number of benzene rings is 1. The first-order chi connectivity index (χ1) is 9.72. The van der Waals surface area contributed by atoms with Gasteiger partial charge in [-0.2, -0.15) is 0 Å². The molecule has 2 saturated heterocycles. The average molecular weight is 273 g/mol. The summed E-state index contributed by atoms with van der Waals surface area (Å²) in [6.07, 6.45) is 2.36. The molecule has 4 heteroatoms. The van der Waals surface area contributed by atoms with Crippen LogP contribution in [0.2, 0.25) is 0 Å². The summed E-state index contributed by atoms with van der Waals surface area (Å²) in [7, 11) is 0. The number of piperidine rings is 1. The number of carbonyl (C=O) groups is 2. The summed E-state index contributed by atoms with van der Waals surface area (Å²) in [4.78, 5) is 25.3. The molecule has 0 bridgehead atoms. The Labute approximate surface area is 118 Å². The molecule has 0 radical (unpaired) electrons. The van der Waals surface area contributed by atoms with Crippen LogP contribution in [0.1, 0.15) is 24.8 Å². The van der Waals surface area contributed by atoms with E-state index in [1.807, 2.05) is 18.2 Å². The predicted octanol–water partition coefficient (Wildman–Crippen LogP) is 1.99. The quantitative estimate of drug-likeness (QED) is 0.624. The summed E-state index contributed by atoms with van der Waals surface area (Å²) in [5.74, 6) is -0.644. The van der Waals surface area contributed by atoms with Crippen molar-refractivity contribution in [1.29, 1.82) is 0 Å². The van der Waals surface area contributed by atoms with Crippen LogP contribution in [-0.4, -0.2) is 29.9 Å². The van der Waals surface area contributed by atoms with E-state index in [-0.39, 0.29) is 30.2 Å². The van der Waals surface area contributed by atoms with Gasteiger partial charge in [0.05, 0.1) is 12.3 Å². The second-order valence-corrected chi connectivity index (χ2v) is 5.73. The van der Waals surface area contributed by atoms with E-state index in [4.69, 9.17) is 0 Å². The standard InChI is InChI=1S/C16H19NO3/c18-15-9-14(16(19)20-15)13-7-4-8-17(11-13)10-12-5-2-1-3-6-12/h1-3,5-6,13-14H,4,7-11H2. The minimum Gasteiger partial charge on any atom is -0.393 e. The highest BCUT2D eigenvalue weighted by atomic mass is 16.6. The Morgan fingerprint density at radius 1 is 1.20 bits per heavy atom. The SMILES string of the molecule is O=C1CC(C2CCCN(Cc3ccccc3)C2)C(=O)O1. The molecule has 0 N–H and O–H groups in total. The lowest BCUT2D eigenvalue weighted by atomic mass is 9.84. The van der Waals surface area contributed by atoms with Crippen LogP contribution >= 0.6 is 0 Å². The van der Waals surface area contributed by atoms with Crippen molar-refractivity contribution in [2.24, 2.45) is 11.8 Å². The van der Waals surface area contributed by atoms with Crippen molar-refractivity contribution in [2.45, 2.75) is 25.8 Å². The Bertz CT molecular complexity index is 500. The van der Waals surface area contributed by atoms with E-state index in [0.29, 0.717) is 0 Å². The van der Waals surface area contributed by atoms with E-state index in [2.05, 4.69) is 21.8 Å². The fourth-order valence-corrected chi connectivity index (χ4v) is 3.26. The van der Waals surface area contributed by atoms with Gasteiger partial charge in [-0.05, 0) is 30.9 Å². The van der Waals surface area contributed by atoms with Crippen LogP contribution in [0, 0.1) is 11.8 Å². The van der Waals surface area contributed by atoms with Crippen LogP contribution in [0.5, 0.6) is 0 Å². The zero-order chi connectivity index (χ0) is 13.9. The predicted molar refractivity (Wildman–Crippen MR) is 73.6 cm³/mol. The topological polar surface area (TPSA) is 46.6 Å². The van der Waals surface area contributed by atoms with E-state index in [1.54, 1.807) is 0 Å². The Morgan fingerprint density at radius 3 is 2.70 bits per heavy atom. The van der Waals surface area contributed by atoms with Gasteiger partial charge in [-0.15, -0.1) is 0 Å². The fraction of sp³-hybridized carbons (Fsp3) is 0.500. The van der Waals surface area contributed by atoms with Gasteiger partial charge in [-0.3, -0.25) is 14.5 Å². The monoisotopic (exact) mass is 273 g/mol. The first kappa shape index (κ1) is 13.3. The van der Waals surface area contributed by atoms with Gasteiger partial charge >= 0.3 is 11.9 Å². The molecule has 3 rings (SSSR count). The van der Waals surface area contributed by atoms with Crippen molar-refractivity contribution in [2.75, 3.05) is 13.1 Å². The van der Waals surface area contributed by atoms with Gasteiger partial charge in [-0.25, -0.2) is 0 Å². The summed E-state index contributed by atoms with van der Waals surface area (Å²) >= 11 is 0. The molecule has 1 aromatic carbocycles. The number of hydrogen-bond acceptors (Lipinski definition) is 4. The Kier molecular flexibility index (Phi) is 3.83. The molecule has 0 spiro atoms. The van der Waals surface area contributed by atoms with E-state index in [0.717, 1.165) is 32.5 Å². The van der Waals surface area contributed by atoms with Crippen LogP contribution in [0.15, 0.2) is 30.3 Å². The molecule has 4 nitrogen and oxygen atoms in total. The van der Waals surface area contributed by atoms with Gasteiger partial charge in [0.2, 0.25) is 0 Å². The summed E-state index contributed by atoms with van der Waals surface area (Å²) < 4.78 is 4.68. The molecule has 20 heavy (non-hydrogen) atoms. The zero-order valence-corrected chi connectivity index (χ0v) is 11.5. The van der Waals surface area contributed by atoms with E-state index in [9.17, 15) is 9.59 Å². The maximum atomic E-state index is 11.7. The molecule has 0 aromatic heterocycles. The molecule has 2 unspecified atom stereocenters. The Balaban J connectivity index is 1.62. The highest BCUT2D eigenvalue weighted by Crippen LogP contribution is 2.31. The van der Waals surface area contributed by atoms with Crippen LogP contribution in [0.3, 0.4) is 0 Å². The highest BCUT2D eigenvalue weighted by Gasteiger charge is 2.40. The number of nitrogens with zero attached hydrogens (tertiary/aromatic N) is 1. The number of ether oxygens (including phenoxy) is 1. The van der Waals surface area contributed by atoms with E-state index in [1.165, 1.54) is 5.56 Å². The third-order valence-electron chi connectivity index (χ3n) is 4.26. The average Bonchev–Trinajstić information content (AvgIpc) is 2.79. The molecule has 0 aliphatic carbocycles. The summed E-state index contributed by atoms with van der Waals surface area (Å²) in [5.41, 5.74) is 1.29. The largest absolute Gasteiger partial charge is 0.393 e. The molecule has 0 saturated carbocycles. The maximum Gasteiger partial charge on any atom is 0.317 e. The lowest BCUT2D eigenvalue weighted by molar-refractivity contribution is -0.153. The molecule has 2 heterocycles. The Hall–Kier alpha value is -1.68. The normalized spacial score (nSPS) is 27.6.